The molecule has 0 amide bonds. The highest BCUT2D eigenvalue weighted by Gasteiger charge is 2.41. The lowest BCUT2D eigenvalue weighted by Crippen LogP contribution is -2.51. The summed E-state index contributed by atoms with van der Waals surface area (Å²) in [6.07, 6.45) is -0.794. The van der Waals surface area contributed by atoms with E-state index >= 15 is 0 Å². The molecule has 0 radical (unpaired) electrons. The molecule has 1 aromatic rings. The van der Waals surface area contributed by atoms with E-state index in [1.165, 1.54) is 6.92 Å². The van der Waals surface area contributed by atoms with Crippen LogP contribution in [0, 0.1) is 0 Å². The van der Waals surface area contributed by atoms with Gasteiger partial charge in [-0.2, -0.15) is 0 Å². The lowest BCUT2D eigenvalue weighted by atomic mass is 9.86. The predicted octanol–water partition coefficient (Wildman–Crippen LogP) is 1.42. The van der Waals surface area contributed by atoms with Gasteiger partial charge in [-0.25, -0.2) is 0 Å². The van der Waals surface area contributed by atoms with Gasteiger partial charge in [0.2, 0.25) is 0 Å². The summed E-state index contributed by atoms with van der Waals surface area (Å²) >= 11 is 0. The molecule has 1 aliphatic rings. The molecule has 4 heteroatoms. The third-order valence-corrected chi connectivity index (χ3v) is 3.20. The number of ether oxygens (including phenoxy) is 1. The van der Waals surface area contributed by atoms with Crippen LogP contribution in [0.2, 0.25) is 0 Å². The number of fused-ring (bicyclic) bond motifs is 1. The van der Waals surface area contributed by atoms with Crippen LogP contribution >= 0.6 is 0 Å². The van der Waals surface area contributed by atoms with Gasteiger partial charge in [-0.05, 0) is 39.0 Å². The number of rotatable bonds is 1. The van der Waals surface area contributed by atoms with E-state index in [-0.39, 0.29) is 5.78 Å². The Morgan fingerprint density at radius 3 is 2.71 bits per heavy atom. The zero-order valence-electron chi connectivity index (χ0n) is 10.2. The molecule has 0 aliphatic carbocycles. The SMILES string of the molecule is CC(=O)c1ccc2c(c1)C(N)C(O)C(C)(C)O2. The Bertz CT molecular complexity index is 468. The quantitative estimate of drug-likeness (QED) is 0.722. The molecule has 4 nitrogen and oxygen atoms in total. The molecule has 1 aliphatic heterocycles. The van der Waals surface area contributed by atoms with E-state index in [1.807, 2.05) is 0 Å². The highest BCUT2D eigenvalue weighted by Crippen LogP contribution is 2.38. The third-order valence-electron chi connectivity index (χ3n) is 3.20. The monoisotopic (exact) mass is 235 g/mol. The Kier molecular flexibility index (Phi) is 2.72. The summed E-state index contributed by atoms with van der Waals surface area (Å²) < 4.78 is 5.70. The van der Waals surface area contributed by atoms with E-state index in [1.54, 1.807) is 32.0 Å². The van der Waals surface area contributed by atoms with Crippen molar-refractivity contribution in [3.8, 4) is 5.75 Å². The Balaban J connectivity index is 2.50. The van der Waals surface area contributed by atoms with E-state index in [0.717, 1.165) is 0 Å². The summed E-state index contributed by atoms with van der Waals surface area (Å²) in [4.78, 5) is 11.3. The number of aliphatic hydroxyl groups excluding tert-OH is 1. The number of benzene rings is 1. The number of carbonyl (C=O) groups excluding carboxylic acids is 1. The highest BCUT2D eigenvalue weighted by molar-refractivity contribution is 5.94. The number of carbonyl (C=O) groups is 1. The van der Waals surface area contributed by atoms with Crippen molar-refractivity contribution in [2.24, 2.45) is 5.73 Å². The first kappa shape index (κ1) is 12.1. The molecular formula is C13H17NO3. The van der Waals surface area contributed by atoms with Crippen LogP contribution in [0.5, 0.6) is 5.75 Å². The molecule has 0 spiro atoms. The van der Waals surface area contributed by atoms with Crippen molar-refractivity contribution < 1.29 is 14.6 Å². The van der Waals surface area contributed by atoms with Gasteiger partial charge in [-0.3, -0.25) is 4.79 Å². The standard InChI is InChI=1S/C13H17NO3/c1-7(15)8-4-5-10-9(6-8)11(14)12(16)13(2,3)17-10/h4-6,11-12,16H,14H2,1-3H3. The van der Waals surface area contributed by atoms with Crippen molar-refractivity contribution in [3.63, 3.8) is 0 Å². The fourth-order valence-electron chi connectivity index (χ4n) is 2.07. The van der Waals surface area contributed by atoms with Crippen molar-refractivity contribution in [3.05, 3.63) is 29.3 Å². The Labute approximate surface area is 100 Å². The molecule has 1 aromatic carbocycles. The summed E-state index contributed by atoms with van der Waals surface area (Å²) in [6.45, 7) is 5.08. The largest absolute Gasteiger partial charge is 0.485 e. The lowest BCUT2D eigenvalue weighted by Gasteiger charge is -2.40. The van der Waals surface area contributed by atoms with Gasteiger partial charge in [0.1, 0.15) is 17.5 Å². The van der Waals surface area contributed by atoms with Crippen molar-refractivity contribution in [2.75, 3.05) is 0 Å². The van der Waals surface area contributed by atoms with Crippen LogP contribution < -0.4 is 10.5 Å². The maximum atomic E-state index is 11.3. The molecular weight excluding hydrogens is 218 g/mol. The minimum absolute atomic E-state index is 0.0284. The minimum atomic E-state index is -0.794. The van der Waals surface area contributed by atoms with Crippen LogP contribution in [0.15, 0.2) is 18.2 Å². The maximum absolute atomic E-state index is 11.3. The fraction of sp³-hybridized carbons (Fsp3) is 0.462. The number of ketones is 1. The number of Topliss-reactive ketones (excluding diaryl/α,β-unsaturated/α-hetero) is 1. The Hall–Kier alpha value is -1.39. The van der Waals surface area contributed by atoms with Crippen molar-refractivity contribution in [2.45, 2.75) is 38.5 Å². The van der Waals surface area contributed by atoms with Gasteiger partial charge in [0.25, 0.3) is 0 Å². The van der Waals surface area contributed by atoms with Crippen LogP contribution in [0.4, 0.5) is 0 Å². The second-order valence-corrected chi connectivity index (χ2v) is 4.98. The molecule has 92 valence electrons. The van der Waals surface area contributed by atoms with Crippen molar-refractivity contribution in [1.29, 1.82) is 0 Å². The fourth-order valence-corrected chi connectivity index (χ4v) is 2.07. The van der Waals surface area contributed by atoms with Gasteiger partial charge in [0.15, 0.2) is 5.78 Å². The van der Waals surface area contributed by atoms with Crippen LogP contribution in [0.25, 0.3) is 0 Å². The zero-order valence-corrected chi connectivity index (χ0v) is 10.2. The minimum Gasteiger partial charge on any atom is -0.485 e. The topological polar surface area (TPSA) is 72.6 Å². The van der Waals surface area contributed by atoms with E-state index in [9.17, 15) is 9.90 Å². The zero-order chi connectivity index (χ0) is 12.8. The average molecular weight is 235 g/mol. The first-order valence-electron chi connectivity index (χ1n) is 5.60. The highest BCUT2D eigenvalue weighted by atomic mass is 16.5. The van der Waals surface area contributed by atoms with E-state index in [0.29, 0.717) is 16.9 Å². The summed E-state index contributed by atoms with van der Waals surface area (Å²) in [5.74, 6) is 0.608. The second kappa shape index (κ2) is 3.82. The molecule has 0 aromatic heterocycles. The maximum Gasteiger partial charge on any atom is 0.159 e. The Morgan fingerprint density at radius 2 is 2.12 bits per heavy atom. The van der Waals surface area contributed by atoms with Crippen LogP contribution in [0.3, 0.4) is 0 Å². The second-order valence-electron chi connectivity index (χ2n) is 4.98. The third kappa shape index (κ3) is 1.94. The van der Waals surface area contributed by atoms with Gasteiger partial charge in [-0.15, -0.1) is 0 Å². The van der Waals surface area contributed by atoms with Crippen LogP contribution in [0.1, 0.15) is 42.7 Å². The summed E-state index contributed by atoms with van der Waals surface area (Å²) in [5.41, 5.74) is 6.54. The van der Waals surface area contributed by atoms with E-state index in [4.69, 9.17) is 10.5 Å². The van der Waals surface area contributed by atoms with E-state index < -0.39 is 17.7 Å². The molecule has 2 atom stereocenters. The molecule has 0 saturated carbocycles. The molecule has 0 bridgehead atoms. The summed E-state index contributed by atoms with van der Waals surface area (Å²) in [6, 6.07) is 4.61. The average Bonchev–Trinajstić information content (AvgIpc) is 2.25. The molecule has 17 heavy (non-hydrogen) atoms. The molecule has 0 saturated heterocycles. The number of nitrogens with two attached hydrogens (primary N) is 1. The van der Waals surface area contributed by atoms with Crippen molar-refractivity contribution >= 4 is 5.78 Å². The predicted molar refractivity (Wildman–Crippen MR) is 64.1 cm³/mol. The van der Waals surface area contributed by atoms with Gasteiger partial charge in [-0.1, -0.05) is 0 Å². The summed E-state index contributed by atoms with van der Waals surface area (Å²) in [5, 5.41) is 10.0. The molecule has 2 unspecified atom stereocenters. The van der Waals surface area contributed by atoms with Crippen molar-refractivity contribution in [1.82, 2.24) is 0 Å². The number of hydrogen-bond acceptors (Lipinski definition) is 4. The van der Waals surface area contributed by atoms with Gasteiger partial charge in [0.05, 0.1) is 6.04 Å². The Morgan fingerprint density at radius 1 is 1.47 bits per heavy atom. The van der Waals surface area contributed by atoms with Gasteiger partial charge >= 0.3 is 0 Å². The molecule has 3 N–H and O–H groups in total. The lowest BCUT2D eigenvalue weighted by molar-refractivity contribution is -0.0571. The van der Waals surface area contributed by atoms with Crippen LogP contribution in [-0.2, 0) is 0 Å². The normalized spacial score (nSPS) is 25.9. The first-order valence-corrected chi connectivity index (χ1v) is 5.60. The smallest absolute Gasteiger partial charge is 0.159 e. The van der Waals surface area contributed by atoms with E-state index in [2.05, 4.69) is 0 Å². The van der Waals surface area contributed by atoms with Crippen LogP contribution in [-0.4, -0.2) is 22.6 Å². The number of aliphatic hydroxyl groups is 1. The summed E-state index contributed by atoms with van der Waals surface area (Å²) in [7, 11) is 0. The molecule has 1 heterocycles. The first-order chi connectivity index (χ1) is 7.83. The van der Waals surface area contributed by atoms with Gasteiger partial charge in [0, 0.05) is 11.1 Å². The molecule has 2 rings (SSSR count). The number of hydrogen-bond donors (Lipinski definition) is 2. The van der Waals surface area contributed by atoms with Gasteiger partial charge < -0.3 is 15.6 Å². The molecule has 0 fully saturated rings.